The lowest BCUT2D eigenvalue weighted by Crippen LogP contribution is -2.48. The third kappa shape index (κ3) is 5.91. The van der Waals surface area contributed by atoms with Gasteiger partial charge in [-0.2, -0.15) is 4.31 Å². The van der Waals surface area contributed by atoms with Crippen LogP contribution < -0.4 is 10.1 Å². The number of rotatable bonds is 5. The molecule has 32 heavy (non-hydrogen) atoms. The number of sulfonamides is 1. The van der Waals surface area contributed by atoms with Crippen LogP contribution in [-0.4, -0.2) is 50.3 Å². The van der Waals surface area contributed by atoms with E-state index in [1.165, 1.54) is 34.6 Å². The van der Waals surface area contributed by atoms with Gasteiger partial charge in [0.15, 0.2) is 0 Å². The number of anilines is 1. The number of ether oxygens (including phenoxy) is 2. The van der Waals surface area contributed by atoms with Crippen molar-refractivity contribution in [3.63, 3.8) is 0 Å². The number of alkyl halides is 3. The fraction of sp³-hybridized carbons (Fsp3) is 0.350. The Morgan fingerprint density at radius 1 is 1.12 bits per heavy atom. The first kappa shape index (κ1) is 24.3. The molecule has 0 radical (unpaired) electrons. The molecule has 1 aliphatic rings. The van der Waals surface area contributed by atoms with E-state index in [0.717, 1.165) is 12.1 Å². The summed E-state index contributed by atoms with van der Waals surface area (Å²) in [5.74, 6) is -1.10. The molecule has 1 fully saturated rings. The van der Waals surface area contributed by atoms with Crippen molar-refractivity contribution >= 4 is 33.2 Å². The number of carbonyl (C=O) groups excluding carboxylic acids is 1. The maximum Gasteiger partial charge on any atom is 0.573 e. The Kier molecular flexibility index (Phi) is 7.03. The van der Waals surface area contributed by atoms with E-state index in [0.29, 0.717) is 0 Å². The number of amides is 1. The van der Waals surface area contributed by atoms with Gasteiger partial charge >= 0.3 is 6.36 Å². The van der Waals surface area contributed by atoms with Crippen LogP contribution in [-0.2, 0) is 14.8 Å². The first-order valence-corrected chi connectivity index (χ1v) is 11.3. The van der Waals surface area contributed by atoms with Crippen molar-refractivity contribution in [2.45, 2.75) is 37.3 Å². The van der Waals surface area contributed by atoms with Gasteiger partial charge in [-0.15, -0.1) is 13.2 Å². The summed E-state index contributed by atoms with van der Waals surface area (Å²) in [5, 5.41) is 2.45. The van der Waals surface area contributed by atoms with E-state index in [-0.39, 0.29) is 46.5 Å². The first-order chi connectivity index (χ1) is 14.8. The molecule has 1 aliphatic heterocycles. The number of halogens is 4. The summed E-state index contributed by atoms with van der Waals surface area (Å²) >= 11 is 6.13. The van der Waals surface area contributed by atoms with Gasteiger partial charge in [-0.3, -0.25) is 4.79 Å². The molecule has 174 valence electrons. The first-order valence-electron chi connectivity index (χ1n) is 9.47. The maximum atomic E-state index is 13.1. The summed E-state index contributed by atoms with van der Waals surface area (Å²) < 4.78 is 73.6. The van der Waals surface area contributed by atoms with E-state index < -0.39 is 28.0 Å². The molecule has 1 N–H and O–H groups in total. The summed E-state index contributed by atoms with van der Waals surface area (Å²) in [5.41, 5.74) is 0.206. The number of morpholine rings is 1. The largest absolute Gasteiger partial charge is 0.573 e. The van der Waals surface area contributed by atoms with Crippen molar-refractivity contribution in [1.29, 1.82) is 0 Å². The lowest BCUT2D eigenvalue weighted by Gasteiger charge is -2.34. The average Bonchev–Trinajstić information content (AvgIpc) is 2.67. The molecule has 2 aromatic rings. The number of hydrogen-bond acceptors (Lipinski definition) is 5. The summed E-state index contributed by atoms with van der Waals surface area (Å²) in [7, 11) is -3.99. The van der Waals surface area contributed by atoms with E-state index in [4.69, 9.17) is 16.3 Å². The second-order valence-corrected chi connectivity index (χ2v) is 9.56. The van der Waals surface area contributed by atoms with Gasteiger partial charge in [0.1, 0.15) is 10.6 Å². The molecule has 2 atom stereocenters. The number of hydrogen-bond donors (Lipinski definition) is 1. The fourth-order valence-electron chi connectivity index (χ4n) is 3.25. The lowest BCUT2D eigenvalue weighted by atomic mass is 10.2. The van der Waals surface area contributed by atoms with Gasteiger partial charge in [0.05, 0.1) is 17.2 Å². The highest BCUT2D eigenvalue weighted by molar-refractivity contribution is 7.89. The Hall–Kier alpha value is -2.34. The highest BCUT2D eigenvalue weighted by atomic mass is 35.5. The van der Waals surface area contributed by atoms with E-state index in [1.807, 2.05) is 0 Å². The highest BCUT2D eigenvalue weighted by Crippen LogP contribution is 2.29. The molecule has 2 unspecified atom stereocenters. The molecule has 12 heteroatoms. The van der Waals surface area contributed by atoms with Gasteiger partial charge in [-0.25, -0.2) is 8.42 Å². The topological polar surface area (TPSA) is 84.9 Å². The van der Waals surface area contributed by atoms with Gasteiger partial charge < -0.3 is 14.8 Å². The summed E-state index contributed by atoms with van der Waals surface area (Å²) in [4.78, 5) is 12.4. The number of nitrogens with one attached hydrogen (secondary N) is 1. The van der Waals surface area contributed by atoms with Crippen molar-refractivity contribution in [2.24, 2.45) is 0 Å². The third-order valence-electron chi connectivity index (χ3n) is 4.54. The number of benzene rings is 2. The van der Waals surface area contributed by atoms with Crippen LogP contribution in [0.25, 0.3) is 0 Å². The van der Waals surface area contributed by atoms with E-state index >= 15 is 0 Å². The van der Waals surface area contributed by atoms with Gasteiger partial charge in [-0.1, -0.05) is 11.6 Å². The molecule has 3 rings (SSSR count). The van der Waals surface area contributed by atoms with Crippen molar-refractivity contribution in [3.8, 4) is 5.75 Å². The monoisotopic (exact) mass is 492 g/mol. The van der Waals surface area contributed by atoms with Crippen molar-refractivity contribution in [3.05, 3.63) is 53.1 Å². The zero-order chi connectivity index (χ0) is 23.7. The van der Waals surface area contributed by atoms with Gasteiger partial charge in [-0.05, 0) is 56.3 Å². The van der Waals surface area contributed by atoms with Crippen molar-refractivity contribution < 1.29 is 35.9 Å². The molecular weight excluding hydrogens is 473 g/mol. The summed E-state index contributed by atoms with van der Waals surface area (Å²) in [6.45, 7) is 3.81. The van der Waals surface area contributed by atoms with Crippen LogP contribution in [0.2, 0.25) is 5.02 Å². The van der Waals surface area contributed by atoms with Crippen LogP contribution in [0.5, 0.6) is 5.75 Å². The smallest absolute Gasteiger partial charge is 0.406 e. The van der Waals surface area contributed by atoms with Crippen LogP contribution in [0.1, 0.15) is 24.2 Å². The maximum absolute atomic E-state index is 13.1. The lowest BCUT2D eigenvalue weighted by molar-refractivity contribution is -0.274. The second kappa shape index (κ2) is 9.26. The summed E-state index contributed by atoms with van der Waals surface area (Å²) in [6.07, 6.45) is -5.43. The van der Waals surface area contributed by atoms with Crippen molar-refractivity contribution in [2.75, 3.05) is 18.4 Å². The van der Waals surface area contributed by atoms with E-state index in [9.17, 15) is 26.4 Å². The molecule has 1 saturated heterocycles. The number of nitrogens with zero attached hydrogens (tertiary/aromatic N) is 1. The molecule has 0 aromatic heterocycles. The van der Waals surface area contributed by atoms with Crippen molar-refractivity contribution in [1.82, 2.24) is 4.31 Å². The minimum absolute atomic E-state index is 0.0120. The molecular formula is C20H20ClF3N2O5S. The normalized spacial score (nSPS) is 20.1. The SMILES string of the molecule is CC1CN(S(=O)(=O)c2cc(C(=O)Nc3ccc(OC(F)(F)F)cc3)ccc2Cl)CC(C)O1. The average molecular weight is 493 g/mol. The molecule has 7 nitrogen and oxygen atoms in total. The van der Waals surface area contributed by atoms with Crippen LogP contribution in [0.4, 0.5) is 18.9 Å². The molecule has 0 bridgehead atoms. The number of carbonyl (C=O) groups is 1. The van der Waals surface area contributed by atoms with Crippen LogP contribution in [0, 0.1) is 0 Å². The van der Waals surface area contributed by atoms with Crippen LogP contribution in [0.15, 0.2) is 47.4 Å². The fourth-order valence-corrected chi connectivity index (χ4v) is 5.34. The Bertz CT molecular complexity index is 1080. The molecule has 0 saturated carbocycles. The molecule has 1 amide bonds. The van der Waals surface area contributed by atoms with Gasteiger partial charge in [0.25, 0.3) is 5.91 Å². The molecule has 1 heterocycles. The Morgan fingerprint density at radius 3 is 2.28 bits per heavy atom. The van der Waals surface area contributed by atoms with Gasteiger partial charge in [0, 0.05) is 24.3 Å². The highest BCUT2D eigenvalue weighted by Gasteiger charge is 2.34. The minimum atomic E-state index is -4.83. The standard InChI is InChI=1S/C20H20ClF3N2O5S/c1-12-10-26(11-13(2)30-12)32(28,29)18-9-14(3-8-17(18)21)19(27)25-15-4-6-16(7-5-15)31-20(22,23)24/h3-9,12-13H,10-11H2,1-2H3,(H,25,27). The minimum Gasteiger partial charge on any atom is -0.406 e. The molecule has 2 aromatic carbocycles. The Morgan fingerprint density at radius 2 is 1.72 bits per heavy atom. The van der Waals surface area contributed by atoms with Gasteiger partial charge in [0.2, 0.25) is 10.0 Å². The Balaban J connectivity index is 1.80. The zero-order valence-corrected chi connectivity index (χ0v) is 18.6. The zero-order valence-electron chi connectivity index (χ0n) is 17.0. The molecule has 0 spiro atoms. The predicted molar refractivity (Wildman–Crippen MR) is 111 cm³/mol. The molecule has 0 aliphatic carbocycles. The third-order valence-corrected chi connectivity index (χ3v) is 6.86. The quantitative estimate of drug-likeness (QED) is 0.673. The summed E-state index contributed by atoms with van der Waals surface area (Å²) in [6, 6.07) is 8.35. The second-order valence-electron chi connectivity index (χ2n) is 7.25. The van der Waals surface area contributed by atoms with Crippen LogP contribution >= 0.6 is 11.6 Å². The van der Waals surface area contributed by atoms with Crippen LogP contribution in [0.3, 0.4) is 0 Å². The van der Waals surface area contributed by atoms with E-state index in [2.05, 4.69) is 10.1 Å². The van der Waals surface area contributed by atoms with E-state index in [1.54, 1.807) is 13.8 Å². The Labute approximate surface area is 188 Å². The predicted octanol–water partition coefficient (Wildman–Crippen LogP) is 4.29.